The van der Waals surface area contributed by atoms with Crippen molar-refractivity contribution in [3.05, 3.63) is 132 Å². The van der Waals surface area contributed by atoms with Gasteiger partial charge in [0.2, 0.25) is 0 Å². The van der Waals surface area contributed by atoms with E-state index in [0.717, 1.165) is 33.4 Å². The number of methoxy groups -OCH3 is 1. The van der Waals surface area contributed by atoms with Crippen molar-refractivity contribution < 1.29 is 19.0 Å². The van der Waals surface area contributed by atoms with Crippen molar-refractivity contribution in [2.45, 2.75) is 13.2 Å². The largest absolute Gasteiger partial charge is 0.496 e. The molecule has 0 saturated carbocycles. The van der Waals surface area contributed by atoms with Gasteiger partial charge in [0.05, 0.1) is 7.11 Å². The van der Waals surface area contributed by atoms with Crippen LogP contribution in [0.3, 0.4) is 0 Å². The smallest absolute Gasteiger partial charge is 0.255 e. The van der Waals surface area contributed by atoms with Crippen molar-refractivity contribution in [1.82, 2.24) is 0 Å². The number of carbonyl (C=O) groups is 1. The van der Waals surface area contributed by atoms with E-state index in [1.54, 1.807) is 25.3 Å². The second-order valence-electron chi connectivity index (χ2n) is 8.55. The predicted octanol–water partition coefficient (Wildman–Crippen LogP) is 7.26. The summed E-state index contributed by atoms with van der Waals surface area (Å²) in [6.45, 7) is 0.758. The van der Waals surface area contributed by atoms with Gasteiger partial charge in [0.1, 0.15) is 30.5 Å². The molecule has 0 aliphatic heterocycles. The van der Waals surface area contributed by atoms with E-state index < -0.39 is 0 Å². The predicted molar refractivity (Wildman–Crippen MR) is 146 cm³/mol. The molecule has 1 amide bonds. The molecule has 184 valence electrons. The third kappa shape index (κ3) is 5.90. The van der Waals surface area contributed by atoms with E-state index in [1.807, 2.05) is 84.9 Å². The lowest BCUT2D eigenvalue weighted by atomic mass is 10.1. The van der Waals surface area contributed by atoms with Crippen molar-refractivity contribution in [2.75, 3.05) is 12.4 Å². The molecule has 0 aliphatic carbocycles. The molecule has 0 heterocycles. The third-order valence-electron chi connectivity index (χ3n) is 6.04. The molecule has 1 N–H and O–H groups in total. The van der Waals surface area contributed by atoms with Crippen LogP contribution >= 0.6 is 0 Å². The summed E-state index contributed by atoms with van der Waals surface area (Å²) >= 11 is 0. The number of hydrogen-bond acceptors (Lipinski definition) is 4. The average Bonchev–Trinajstić information content (AvgIpc) is 2.96. The van der Waals surface area contributed by atoms with Gasteiger partial charge in [-0.1, -0.05) is 66.7 Å². The first kappa shape index (κ1) is 23.9. The zero-order valence-electron chi connectivity index (χ0n) is 20.5. The summed E-state index contributed by atoms with van der Waals surface area (Å²) < 4.78 is 17.5. The van der Waals surface area contributed by atoms with Gasteiger partial charge in [-0.15, -0.1) is 0 Å². The molecular weight excluding hydrogens is 462 g/mol. The summed E-state index contributed by atoms with van der Waals surface area (Å²) in [5, 5.41) is 5.09. The first-order valence-corrected chi connectivity index (χ1v) is 12.1. The quantitative estimate of drug-likeness (QED) is 0.237. The van der Waals surface area contributed by atoms with E-state index in [4.69, 9.17) is 14.2 Å². The first-order chi connectivity index (χ1) is 18.2. The van der Waals surface area contributed by atoms with Crippen molar-refractivity contribution in [1.29, 1.82) is 0 Å². The standard InChI is InChI=1S/C32H27NO4/c1-35-30-19-14-25(20-26(30)22-37-31-13-7-11-24-10-5-6-12-29(24)31)32(34)33-27-15-17-28(18-16-27)36-21-23-8-3-2-4-9-23/h2-20H,21-22H2,1H3,(H,33,34). The average molecular weight is 490 g/mol. The first-order valence-electron chi connectivity index (χ1n) is 12.1. The molecule has 0 saturated heterocycles. The van der Waals surface area contributed by atoms with E-state index >= 15 is 0 Å². The highest BCUT2D eigenvalue weighted by molar-refractivity contribution is 6.04. The minimum Gasteiger partial charge on any atom is -0.496 e. The topological polar surface area (TPSA) is 56.8 Å². The van der Waals surface area contributed by atoms with E-state index in [2.05, 4.69) is 17.4 Å². The monoisotopic (exact) mass is 489 g/mol. The molecule has 0 radical (unpaired) electrons. The highest BCUT2D eigenvalue weighted by Gasteiger charge is 2.12. The Hall–Kier alpha value is -4.77. The molecule has 0 aliphatic rings. The summed E-state index contributed by atoms with van der Waals surface area (Å²) in [5.74, 6) is 1.97. The van der Waals surface area contributed by atoms with Gasteiger partial charge < -0.3 is 19.5 Å². The summed E-state index contributed by atoms with van der Waals surface area (Å²) in [6.07, 6.45) is 0. The Kier molecular flexibility index (Phi) is 7.32. The highest BCUT2D eigenvalue weighted by atomic mass is 16.5. The lowest BCUT2D eigenvalue weighted by molar-refractivity contribution is 0.102. The summed E-state index contributed by atoms with van der Waals surface area (Å²) in [4.78, 5) is 13.0. The Labute approximate surface area is 216 Å². The van der Waals surface area contributed by atoms with Crippen LogP contribution in [0.1, 0.15) is 21.5 Å². The Morgan fingerprint density at radius 3 is 2.27 bits per heavy atom. The number of benzene rings is 5. The van der Waals surface area contributed by atoms with Gasteiger partial charge in [-0.3, -0.25) is 4.79 Å². The third-order valence-corrected chi connectivity index (χ3v) is 6.04. The number of amides is 1. The molecule has 0 aromatic heterocycles. The molecule has 0 spiro atoms. The minimum absolute atomic E-state index is 0.216. The number of carbonyl (C=O) groups excluding carboxylic acids is 1. The fourth-order valence-corrected chi connectivity index (χ4v) is 4.09. The van der Waals surface area contributed by atoms with Crippen LogP contribution in [0.2, 0.25) is 0 Å². The lowest BCUT2D eigenvalue weighted by Gasteiger charge is -2.14. The van der Waals surface area contributed by atoms with E-state index in [0.29, 0.717) is 23.6 Å². The number of anilines is 1. The van der Waals surface area contributed by atoms with Crippen molar-refractivity contribution in [2.24, 2.45) is 0 Å². The lowest BCUT2D eigenvalue weighted by Crippen LogP contribution is -2.13. The van der Waals surface area contributed by atoms with E-state index in [9.17, 15) is 4.79 Å². The minimum atomic E-state index is -0.216. The molecule has 5 nitrogen and oxygen atoms in total. The van der Waals surface area contributed by atoms with Gasteiger partial charge in [0.15, 0.2) is 0 Å². The Bertz CT molecular complexity index is 1490. The molecule has 5 heteroatoms. The van der Waals surface area contributed by atoms with Gasteiger partial charge in [0.25, 0.3) is 5.91 Å². The summed E-state index contributed by atoms with van der Waals surface area (Å²) in [7, 11) is 1.61. The normalized spacial score (nSPS) is 10.6. The van der Waals surface area contributed by atoms with E-state index in [-0.39, 0.29) is 12.5 Å². The molecule has 0 fully saturated rings. The summed E-state index contributed by atoms with van der Waals surface area (Å²) in [5.41, 5.74) is 3.08. The van der Waals surface area contributed by atoms with Crippen LogP contribution in [0.15, 0.2) is 115 Å². The second-order valence-corrected chi connectivity index (χ2v) is 8.55. The summed E-state index contributed by atoms with van der Waals surface area (Å²) in [6, 6.07) is 36.7. The number of nitrogens with one attached hydrogen (secondary N) is 1. The maximum atomic E-state index is 13.0. The molecule has 0 atom stereocenters. The second kappa shape index (κ2) is 11.3. The van der Waals surface area contributed by atoms with Crippen molar-refractivity contribution in [3.8, 4) is 17.2 Å². The van der Waals surface area contributed by atoms with E-state index in [1.165, 1.54) is 0 Å². The molecule has 37 heavy (non-hydrogen) atoms. The van der Waals surface area contributed by atoms with Gasteiger partial charge in [-0.05, 0) is 59.5 Å². The van der Waals surface area contributed by atoms with Crippen LogP contribution in [-0.4, -0.2) is 13.0 Å². The zero-order valence-corrected chi connectivity index (χ0v) is 20.5. The van der Waals surface area contributed by atoms with Crippen molar-refractivity contribution in [3.63, 3.8) is 0 Å². The fraction of sp³-hybridized carbons (Fsp3) is 0.0938. The maximum absolute atomic E-state index is 13.0. The zero-order chi connectivity index (χ0) is 25.5. The Morgan fingerprint density at radius 2 is 1.46 bits per heavy atom. The van der Waals surface area contributed by atoms with Gasteiger partial charge >= 0.3 is 0 Å². The van der Waals surface area contributed by atoms with Gasteiger partial charge in [-0.2, -0.15) is 0 Å². The van der Waals surface area contributed by atoms with Crippen LogP contribution in [0, 0.1) is 0 Å². The fourth-order valence-electron chi connectivity index (χ4n) is 4.09. The van der Waals surface area contributed by atoms with Gasteiger partial charge in [-0.25, -0.2) is 0 Å². The molecule has 5 rings (SSSR count). The van der Waals surface area contributed by atoms with Gasteiger partial charge in [0, 0.05) is 22.2 Å². The molecule has 5 aromatic rings. The number of fused-ring (bicyclic) bond motifs is 1. The van der Waals surface area contributed by atoms with Crippen LogP contribution in [0.4, 0.5) is 5.69 Å². The maximum Gasteiger partial charge on any atom is 0.255 e. The van der Waals surface area contributed by atoms with Crippen LogP contribution in [0.25, 0.3) is 10.8 Å². The molecule has 0 unspecified atom stereocenters. The Balaban J connectivity index is 1.25. The SMILES string of the molecule is COc1ccc(C(=O)Nc2ccc(OCc3ccccc3)cc2)cc1COc1cccc2ccccc12. The van der Waals surface area contributed by atoms with Crippen LogP contribution < -0.4 is 19.5 Å². The number of ether oxygens (including phenoxy) is 3. The Morgan fingerprint density at radius 1 is 0.703 bits per heavy atom. The van der Waals surface area contributed by atoms with Crippen molar-refractivity contribution >= 4 is 22.4 Å². The number of hydrogen-bond donors (Lipinski definition) is 1. The number of rotatable bonds is 9. The molecule has 5 aromatic carbocycles. The highest BCUT2D eigenvalue weighted by Crippen LogP contribution is 2.28. The van der Waals surface area contributed by atoms with Crippen LogP contribution in [0.5, 0.6) is 17.2 Å². The molecule has 0 bridgehead atoms. The molecular formula is C32H27NO4. The van der Waals surface area contributed by atoms with Crippen LogP contribution in [-0.2, 0) is 13.2 Å².